The van der Waals surface area contributed by atoms with Gasteiger partial charge in [-0.25, -0.2) is 0 Å². The molecule has 2 heteroatoms. The highest BCUT2D eigenvalue weighted by Crippen LogP contribution is 2.15. The Morgan fingerprint density at radius 2 is 1.76 bits per heavy atom. The molecule has 0 amide bonds. The lowest BCUT2D eigenvalue weighted by atomic mass is 10.1. The van der Waals surface area contributed by atoms with Gasteiger partial charge in [-0.1, -0.05) is 18.2 Å². The van der Waals surface area contributed by atoms with Crippen LogP contribution in [0.25, 0.3) is 10.9 Å². The fraction of sp³-hybridized carbons (Fsp3) is 0.0667. The van der Waals surface area contributed by atoms with E-state index in [1.54, 1.807) is 0 Å². The zero-order chi connectivity index (χ0) is 11.5. The number of rotatable bonds is 2. The molecule has 0 saturated heterocycles. The summed E-state index contributed by atoms with van der Waals surface area (Å²) in [5, 5.41) is 1.18. The fourth-order valence-electron chi connectivity index (χ4n) is 1.95. The molecule has 0 spiro atoms. The zero-order valence-electron chi connectivity index (χ0n) is 9.38. The van der Waals surface area contributed by atoms with Gasteiger partial charge in [-0.05, 0) is 35.9 Å². The smallest absolute Gasteiger partial charge is 0.0702 e. The van der Waals surface area contributed by atoms with Gasteiger partial charge in [0.1, 0.15) is 0 Å². The topological polar surface area (TPSA) is 25.8 Å². The summed E-state index contributed by atoms with van der Waals surface area (Å²) in [6.45, 7) is 0. The molecule has 0 bridgehead atoms. The van der Waals surface area contributed by atoms with Crippen molar-refractivity contribution in [2.24, 2.45) is 0 Å². The van der Waals surface area contributed by atoms with Crippen LogP contribution in [0.15, 0.2) is 60.9 Å². The molecule has 1 aromatic carbocycles. The summed E-state index contributed by atoms with van der Waals surface area (Å²) in [6, 6.07) is 16.4. The van der Waals surface area contributed by atoms with E-state index in [2.05, 4.69) is 34.2 Å². The van der Waals surface area contributed by atoms with Crippen LogP contribution in [0, 0.1) is 0 Å². The number of hydrogen-bond donors (Lipinski definition) is 0. The second-order valence-corrected chi connectivity index (χ2v) is 4.03. The van der Waals surface area contributed by atoms with Crippen LogP contribution in [-0.4, -0.2) is 9.97 Å². The second kappa shape index (κ2) is 4.34. The Bertz CT molecular complexity index is 633. The van der Waals surface area contributed by atoms with Gasteiger partial charge in [0, 0.05) is 29.9 Å². The number of pyridine rings is 2. The second-order valence-electron chi connectivity index (χ2n) is 4.03. The van der Waals surface area contributed by atoms with Crippen molar-refractivity contribution in [1.82, 2.24) is 9.97 Å². The fourth-order valence-corrected chi connectivity index (χ4v) is 1.95. The first kappa shape index (κ1) is 9.97. The third-order valence-corrected chi connectivity index (χ3v) is 2.78. The van der Waals surface area contributed by atoms with Gasteiger partial charge in [-0.2, -0.15) is 0 Å². The van der Waals surface area contributed by atoms with Gasteiger partial charge < -0.3 is 0 Å². The lowest BCUT2D eigenvalue weighted by molar-refractivity contribution is 1.08. The predicted octanol–water partition coefficient (Wildman–Crippen LogP) is 3.22. The molecule has 0 N–H and O–H groups in total. The Hall–Kier alpha value is -2.22. The lowest BCUT2D eigenvalue weighted by Gasteiger charge is -2.02. The lowest BCUT2D eigenvalue weighted by Crippen LogP contribution is -1.91. The minimum atomic E-state index is 0.867. The van der Waals surface area contributed by atoms with Crippen LogP contribution < -0.4 is 0 Å². The first-order chi connectivity index (χ1) is 8.42. The van der Waals surface area contributed by atoms with Crippen LogP contribution in [0.4, 0.5) is 0 Å². The number of fused-ring (bicyclic) bond motifs is 1. The minimum Gasteiger partial charge on any atom is -0.261 e. The van der Waals surface area contributed by atoms with E-state index in [-0.39, 0.29) is 0 Å². The normalized spacial score (nSPS) is 10.6. The highest BCUT2D eigenvalue weighted by atomic mass is 14.7. The van der Waals surface area contributed by atoms with Crippen molar-refractivity contribution in [3.8, 4) is 0 Å². The molecule has 17 heavy (non-hydrogen) atoms. The van der Waals surface area contributed by atoms with Crippen molar-refractivity contribution in [3.63, 3.8) is 0 Å². The van der Waals surface area contributed by atoms with Gasteiger partial charge >= 0.3 is 0 Å². The van der Waals surface area contributed by atoms with Crippen LogP contribution in [0.1, 0.15) is 11.3 Å². The molecule has 0 aliphatic rings. The average molecular weight is 220 g/mol. The molecule has 0 atom stereocenters. The van der Waals surface area contributed by atoms with Gasteiger partial charge in [-0.3, -0.25) is 9.97 Å². The van der Waals surface area contributed by atoms with E-state index < -0.39 is 0 Å². The molecule has 2 nitrogen and oxygen atoms in total. The maximum Gasteiger partial charge on any atom is 0.0702 e. The Kier molecular flexibility index (Phi) is 2.54. The molecule has 0 fully saturated rings. The molecular formula is C15H12N2. The Morgan fingerprint density at radius 1 is 0.824 bits per heavy atom. The van der Waals surface area contributed by atoms with Crippen LogP contribution in [0.2, 0.25) is 0 Å². The van der Waals surface area contributed by atoms with E-state index in [1.165, 1.54) is 10.9 Å². The molecule has 3 rings (SSSR count). The number of nitrogens with zero attached hydrogens (tertiary/aromatic N) is 2. The number of aromatic nitrogens is 2. The number of benzene rings is 1. The molecular weight excluding hydrogens is 208 g/mol. The minimum absolute atomic E-state index is 0.867. The highest BCUT2D eigenvalue weighted by Gasteiger charge is 1.99. The first-order valence-electron chi connectivity index (χ1n) is 5.65. The molecule has 3 aromatic rings. The highest BCUT2D eigenvalue weighted by molar-refractivity contribution is 5.78. The van der Waals surface area contributed by atoms with E-state index in [0.29, 0.717) is 0 Å². The number of hydrogen-bond acceptors (Lipinski definition) is 2. The summed E-state index contributed by atoms with van der Waals surface area (Å²) in [4.78, 5) is 8.65. The summed E-state index contributed by atoms with van der Waals surface area (Å²) in [7, 11) is 0. The molecule has 0 radical (unpaired) electrons. The quantitative estimate of drug-likeness (QED) is 0.662. The van der Waals surface area contributed by atoms with Crippen LogP contribution in [-0.2, 0) is 6.42 Å². The van der Waals surface area contributed by atoms with Crippen molar-refractivity contribution >= 4 is 10.9 Å². The van der Waals surface area contributed by atoms with Crippen molar-refractivity contribution in [2.45, 2.75) is 6.42 Å². The molecule has 2 aromatic heterocycles. The van der Waals surface area contributed by atoms with Crippen LogP contribution in [0.5, 0.6) is 0 Å². The molecule has 0 saturated carbocycles. The summed E-state index contributed by atoms with van der Waals surface area (Å²) in [6.07, 6.45) is 4.52. The maximum absolute atomic E-state index is 4.34. The van der Waals surface area contributed by atoms with Crippen LogP contribution in [0.3, 0.4) is 0 Å². The van der Waals surface area contributed by atoms with E-state index in [0.717, 1.165) is 17.6 Å². The van der Waals surface area contributed by atoms with Crippen molar-refractivity contribution in [1.29, 1.82) is 0 Å². The third-order valence-electron chi connectivity index (χ3n) is 2.78. The van der Waals surface area contributed by atoms with Gasteiger partial charge in [-0.15, -0.1) is 0 Å². The summed E-state index contributed by atoms with van der Waals surface area (Å²) >= 11 is 0. The largest absolute Gasteiger partial charge is 0.261 e. The Labute approximate surface area is 100.0 Å². The molecule has 0 unspecified atom stereocenters. The van der Waals surface area contributed by atoms with E-state index in [9.17, 15) is 0 Å². The Morgan fingerprint density at radius 3 is 2.65 bits per heavy atom. The van der Waals surface area contributed by atoms with Crippen LogP contribution >= 0.6 is 0 Å². The van der Waals surface area contributed by atoms with Crippen molar-refractivity contribution in [2.75, 3.05) is 0 Å². The third kappa shape index (κ3) is 2.16. The summed E-state index contributed by atoms with van der Waals surface area (Å²) in [5.74, 6) is 0. The zero-order valence-corrected chi connectivity index (χ0v) is 9.38. The standard InChI is InChI=1S/C15H12N2/c1-2-8-16-14(5-1)11-12-6-7-15-13(10-12)4-3-9-17-15/h1-10H,11H2. The van der Waals surface area contributed by atoms with Crippen molar-refractivity contribution < 1.29 is 0 Å². The molecule has 82 valence electrons. The first-order valence-corrected chi connectivity index (χ1v) is 5.65. The van der Waals surface area contributed by atoms with E-state index in [1.807, 2.05) is 36.7 Å². The maximum atomic E-state index is 4.34. The van der Waals surface area contributed by atoms with Gasteiger partial charge in [0.05, 0.1) is 5.52 Å². The summed E-state index contributed by atoms with van der Waals surface area (Å²) in [5.41, 5.74) is 3.40. The van der Waals surface area contributed by atoms with Gasteiger partial charge in [0.25, 0.3) is 0 Å². The molecule has 2 heterocycles. The van der Waals surface area contributed by atoms with Crippen molar-refractivity contribution in [3.05, 3.63) is 72.2 Å². The Balaban J connectivity index is 1.96. The predicted molar refractivity (Wildman–Crippen MR) is 68.8 cm³/mol. The van der Waals surface area contributed by atoms with E-state index in [4.69, 9.17) is 0 Å². The SMILES string of the molecule is c1ccc(Cc2ccc3ncccc3c2)nc1. The molecule has 0 aliphatic carbocycles. The summed E-state index contributed by atoms with van der Waals surface area (Å²) < 4.78 is 0. The molecule has 0 aliphatic heterocycles. The van der Waals surface area contributed by atoms with E-state index >= 15 is 0 Å². The average Bonchev–Trinajstić information content (AvgIpc) is 2.40. The monoisotopic (exact) mass is 220 g/mol. The van der Waals surface area contributed by atoms with Gasteiger partial charge in [0.2, 0.25) is 0 Å². The van der Waals surface area contributed by atoms with Gasteiger partial charge in [0.15, 0.2) is 0 Å².